The molecule has 0 bridgehead atoms. The normalized spacial score (nSPS) is 13.3. The van der Waals surface area contributed by atoms with Crippen molar-refractivity contribution in [2.45, 2.75) is 32.2 Å². The Kier molecular flexibility index (Phi) is 3.60. The highest BCUT2D eigenvalue weighted by molar-refractivity contribution is 7.07. The van der Waals surface area contributed by atoms with Gasteiger partial charge in [0, 0.05) is 6.04 Å². The highest BCUT2D eigenvalue weighted by atomic mass is 32.1. The predicted molar refractivity (Wildman–Crippen MR) is 50.9 cm³/mol. The van der Waals surface area contributed by atoms with Gasteiger partial charge in [0.25, 0.3) is 0 Å². The zero-order valence-corrected chi connectivity index (χ0v) is 7.73. The van der Waals surface area contributed by atoms with Gasteiger partial charge in [-0.25, -0.2) is 0 Å². The molecule has 62 valence electrons. The van der Waals surface area contributed by atoms with Crippen molar-refractivity contribution in [1.29, 1.82) is 0 Å². The summed E-state index contributed by atoms with van der Waals surface area (Å²) >= 11 is 1.77. The lowest BCUT2D eigenvalue weighted by molar-refractivity contribution is 0.625. The Morgan fingerprint density at radius 2 is 2.45 bits per heavy atom. The summed E-state index contributed by atoms with van der Waals surface area (Å²) in [6.45, 7) is 2.06. The Morgan fingerprint density at radius 3 is 3.00 bits per heavy atom. The fourth-order valence-corrected chi connectivity index (χ4v) is 1.77. The lowest BCUT2D eigenvalue weighted by atomic mass is 10.1. The van der Waals surface area contributed by atoms with Gasteiger partial charge in [-0.1, -0.05) is 0 Å². The molecule has 0 radical (unpaired) electrons. The van der Waals surface area contributed by atoms with E-state index in [1.54, 1.807) is 11.3 Å². The van der Waals surface area contributed by atoms with Crippen molar-refractivity contribution >= 4 is 11.3 Å². The molecule has 1 nitrogen and oxygen atoms in total. The Hall–Kier alpha value is -0.340. The van der Waals surface area contributed by atoms with Gasteiger partial charge < -0.3 is 5.73 Å². The molecule has 1 atom stereocenters. The number of hydrogen-bond donors (Lipinski definition) is 1. The van der Waals surface area contributed by atoms with Crippen molar-refractivity contribution in [2.24, 2.45) is 5.73 Å². The topological polar surface area (TPSA) is 26.0 Å². The van der Waals surface area contributed by atoms with Gasteiger partial charge in [-0.2, -0.15) is 11.3 Å². The zero-order chi connectivity index (χ0) is 8.10. The van der Waals surface area contributed by atoms with Gasteiger partial charge in [0.05, 0.1) is 0 Å². The molecular formula is C9H15NS. The lowest BCUT2D eigenvalue weighted by Crippen LogP contribution is -2.14. The zero-order valence-electron chi connectivity index (χ0n) is 6.92. The molecule has 2 heteroatoms. The second-order valence-electron chi connectivity index (χ2n) is 3.00. The van der Waals surface area contributed by atoms with E-state index in [2.05, 4.69) is 23.8 Å². The average molecular weight is 169 g/mol. The summed E-state index contributed by atoms with van der Waals surface area (Å²) in [6, 6.07) is 2.54. The average Bonchev–Trinajstić information content (AvgIpc) is 2.39. The first-order valence-corrected chi connectivity index (χ1v) is 5.00. The predicted octanol–water partition coefficient (Wildman–Crippen LogP) is 2.42. The van der Waals surface area contributed by atoms with Crippen LogP contribution in [0.5, 0.6) is 0 Å². The first-order chi connectivity index (χ1) is 5.29. The maximum atomic E-state index is 5.63. The van der Waals surface area contributed by atoms with E-state index in [-0.39, 0.29) is 0 Å². The molecule has 0 aromatic carbocycles. The largest absolute Gasteiger partial charge is 0.328 e. The van der Waals surface area contributed by atoms with Crippen molar-refractivity contribution in [3.63, 3.8) is 0 Å². The Balaban J connectivity index is 2.14. The smallest absolute Gasteiger partial charge is 0.00105 e. The molecule has 0 saturated heterocycles. The van der Waals surface area contributed by atoms with E-state index in [0.29, 0.717) is 6.04 Å². The number of thiophene rings is 1. The minimum atomic E-state index is 0.355. The third kappa shape index (κ3) is 3.54. The number of nitrogens with two attached hydrogens (primary N) is 1. The van der Waals surface area contributed by atoms with Crippen molar-refractivity contribution in [1.82, 2.24) is 0 Å². The maximum absolute atomic E-state index is 5.63. The molecule has 0 aliphatic carbocycles. The molecule has 0 spiro atoms. The lowest BCUT2D eigenvalue weighted by Gasteiger charge is -2.02. The van der Waals surface area contributed by atoms with Crippen LogP contribution in [-0.2, 0) is 6.42 Å². The van der Waals surface area contributed by atoms with E-state index in [9.17, 15) is 0 Å². The van der Waals surface area contributed by atoms with Gasteiger partial charge in [0.2, 0.25) is 0 Å². The molecule has 0 amide bonds. The molecular weight excluding hydrogens is 154 g/mol. The van der Waals surface area contributed by atoms with Crippen LogP contribution in [0.15, 0.2) is 16.8 Å². The molecule has 0 fully saturated rings. The van der Waals surface area contributed by atoms with Gasteiger partial charge >= 0.3 is 0 Å². The highest BCUT2D eigenvalue weighted by Crippen LogP contribution is 2.09. The molecule has 1 heterocycles. The van der Waals surface area contributed by atoms with Crippen LogP contribution < -0.4 is 5.73 Å². The molecule has 0 saturated carbocycles. The Bertz CT molecular complexity index is 179. The van der Waals surface area contributed by atoms with Crippen LogP contribution in [0.1, 0.15) is 25.3 Å². The third-order valence-corrected chi connectivity index (χ3v) is 2.44. The third-order valence-electron chi connectivity index (χ3n) is 1.71. The first kappa shape index (κ1) is 8.75. The minimum Gasteiger partial charge on any atom is -0.328 e. The molecule has 0 aliphatic rings. The highest BCUT2D eigenvalue weighted by Gasteiger charge is 1.95. The number of hydrogen-bond acceptors (Lipinski definition) is 2. The van der Waals surface area contributed by atoms with E-state index in [0.717, 1.165) is 6.42 Å². The van der Waals surface area contributed by atoms with Crippen molar-refractivity contribution < 1.29 is 0 Å². The fourth-order valence-electron chi connectivity index (χ4n) is 1.06. The van der Waals surface area contributed by atoms with Gasteiger partial charge in [0.1, 0.15) is 0 Å². The van der Waals surface area contributed by atoms with Gasteiger partial charge in [-0.05, 0) is 48.6 Å². The quantitative estimate of drug-likeness (QED) is 0.736. The molecule has 1 aromatic heterocycles. The SMILES string of the molecule is C[C@H](N)CCCc1ccsc1. The second-order valence-corrected chi connectivity index (χ2v) is 3.78. The van der Waals surface area contributed by atoms with E-state index in [4.69, 9.17) is 5.73 Å². The van der Waals surface area contributed by atoms with Crippen LogP contribution in [-0.4, -0.2) is 6.04 Å². The molecule has 0 unspecified atom stereocenters. The number of rotatable bonds is 4. The summed E-state index contributed by atoms with van der Waals surface area (Å²) in [7, 11) is 0. The van der Waals surface area contributed by atoms with Crippen LogP contribution in [0.2, 0.25) is 0 Å². The number of aryl methyl sites for hydroxylation is 1. The van der Waals surface area contributed by atoms with Crippen LogP contribution in [0.3, 0.4) is 0 Å². The summed E-state index contributed by atoms with van der Waals surface area (Å²) in [5.74, 6) is 0. The Labute approximate surface area is 72.2 Å². The monoisotopic (exact) mass is 169 g/mol. The summed E-state index contributed by atoms with van der Waals surface area (Å²) in [4.78, 5) is 0. The molecule has 1 rings (SSSR count). The van der Waals surface area contributed by atoms with Crippen LogP contribution >= 0.6 is 11.3 Å². The van der Waals surface area contributed by atoms with Crippen molar-refractivity contribution in [3.8, 4) is 0 Å². The summed E-state index contributed by atoms with van der Waals surface area (Å²) in [5, 5.41) is 4.34. The van der Waals surface area contributed by atoms with Crippen LogP contribution in [0, 0.1) is 0 Å². The van der Waals surface area contributed by atoms with Crippen LogP contribution in [0.4, 0.5) is 0 Å². The molecule has 11 heavy (non-hydrogen) atoms. The summed E-state index contributed by atoms with van der Waals surface area (Å²) < 4.78 is 0. The minimum absolute atomic E-state index is 0.355. The van der Waals surface area contributed by atoms with E-state index >= 15 is 0 Å². The maximum Gasteiger partial charge on any atom is 0.00105 e. The van der Waals surface area contributed by atoms with E-state index in [1.165, 1.54) is 18.4 Å². The van der Waals surface area contributed by atoms with Gasteiger partial charge in [-0.3, -0.25) is 0 Å². The summed E-state index contributed by atoms with van der Waals surface area (Å²) in [6.07, 6.45) is 3.54. The second kappa shape index (κ2) is 4.52. The van der Waals surface area contributed by atoms with Crippen molar-refractivity contribution in [2.75, 3.05) is 0 Å². The standard InChI is InChI=1S/C9H15NS/c1-8(10)3-2-4-9-5-6-11-7-9/h5-8H,2-4,10H2,1H3/t8-/m0/s1. The summed E-state index contributed by atoms with van der Waals surface area (Å²) in [5.41, 5.74) is 7.09. The van der Waals surface area contributed by atoms with Gasteiger partial charge in [0.15, 0.2) is 0 Å². The molecule has 1 aromatic rings. The van der Waals surface area contributed by atoms with Crippen LogP contribution in [0.25, 0.3) is 0 Å². The first-order valence-electron chi connectivity index (χ1n) is 4.05. The van der Waals surface area contributed by atoms with E-state index < -0.39 is 0 Å². The molecule has 2 N–H and O–H groups in total. The van der Waals surface area contributed by atoms with Crippen molar-refractivity contribution in [3.05, 3.63) is 22.4 Å². The van der Waals surface area contributed by atoms with E-state index in [1.807, 2.05) is 0 Å². The molecule has 0 aliphatic heterocycles. The Morgan fingerprint density at radius 1 is 1.64 bits per heavy atom. The fraction of sp³-hybridized carbons (Fsp3) is 0.556. The van der Waals surface area contributed by atoms with Gasteiger partial charge in [-0.15, -0.1) is 0 Å².